The zero-order valence-corrected chi connectivity index (χ0v) is 11.6. The number of hydrogen-bond acceptors (Lipinski definition) is 5. The third-order valence-corrected chi connectivity index (χ3v) is 6.09. The monoisotopic (exact) mass is 274 g/mol. The largest absolute Gasteiger partial charge is 0.329 e. The van der Waals surface area contributed by atoms with Crippen LogP contribution < -0.4 is 5.73 Å². The predicted molar refractivity (Wildman–Crippen MR) is 70.8 cm³/mol. The van der Waals surface area contributed by atoms with Gasteiger partial charge in [0.05, 0.1) is 11.5 Å². The first-order valence-electron chi connectivity index (χ1n) is 5.60. The first kappa shape index (κ1) is 13.0. The molecule has 2 N–H and O–H groups in total. The van der Waals surface area contributed by atoms with Crippen molar-refractivity contribution in [3.63, 3.8) is 0 Å². The Balaban J connectivity index is 2.13. The molecule has 96 valence electrons. The van der Waals surface area contributed by atoms with Crippen molar-refractivity contribution in [1.82, 2.24) is 4.90 Å². The van der Waals surface area contributed by atoms with Gasteiger partial charge in [-0.25, -0.2) is 8.42 Å². The molecule has 1 aliphatic heterocycles. The molecule has 0 aliphatic carbocycles. The average Bonchev–Trinajstić information content (AvgIpc) is 2.86. The van der Waals surface area contributed by atoms with E-state index in [-0.39, 0.29) is 17.0 Å². The first-order chi connectivity index (χ1) is 7.97. The zero-order valence-electron chi connectivity index (χ0n) is 9.93. The fourth-order valence-corrected chi connectivity index (χ4v) is 5.14. The summed E-state index contributed by atoms with van der Waals surface area (Å²) in [5.41, 5.74) is 6.66. The Bertz CT molecular complexity index is 470. The fourth-order valence-electron chi connectivity index (χ4n) is 2.34. The summed E-state index contributed by atoms with van der Waals surface area (Å²) in [6.45, 7) is 1.16. The van der Waals surface area contributed by atoms with Crippen LogP contribution in [0.2, 0.25) is 0 Å². The molecule has 0 aromatic carbocycles. The number of nitrogens with two attached hydrogens (primary N) is 1. The Morgan fingerprint density at radius 3 is 2.82 bits per heavy atom. The van der Waals surface area contributed by atoms with Gasteiger partial charge in [0, 0.05) is 18.6 Å². The molecule has 4 nitrogen and oxygen atoms in total. The number of nitrogens with zero attached hydrogens (tertiary/aromatic N) is 1. The van der Waals surface area contributed by atoms with Crippen LogP contribution in [0, 0.1) is 0 Å². The molecule has 1 aromatic heterocycles. The van der Waals surface area contributed by atoms with E-state index in [1.165, 1.54) is 5.56 Å². The van der Waals surface area contributed by atoms with E-state index in [9.17, 15) is 8.42 Å². The Morgan fingerprint density at radius 2 is 2.35 bits per heavy atom. The highest BCUT2D eigenvalue weighted by Crippen LogP contribution is 2.29. The summed E-state index contributed by atoms with van der Waals surface area (Å²) in [5.74, 6) is 0.454. The van der Waals surface area contributed by atoms with E-state index >= 15 is 0 Å². The van der Waals surface area contributed by atoms with Crippen LogP contribution in [-0.4, -0.2) is 44.0 Å². The summed E-state index contributed by atoms with van der Waals surface area (Å²) in [4.78, 5) is 2.10. The second-order valence-corrected chi connectivity index (χ2v) is 7.72. The van der Waals surface area contributed by atoms with Crippen LogP contribution in [-0.2, 0) is 16.4 Å². The highest BCUT2D eigenvalue weighted by molar-refractivity contribution is 7.91. The van der Waals surface area contributed by atoms with Gasteiger partial charge in [-0.1, -0.05) is 0 Å². The first-order valence-corrected chi connectivity index (χ1v) is 8.37. The number of likely N-dealkylation sites (N-methyl/N-ethyl adjacent to an activating group) is 1. The molecule has 1 atom stereocenters. The van der Waals surface area contributed by atoms with Gasteiger partial charge in [0.15, 0.2) is 9.84 Å². The third-order valence-electron chi connectivity index (χ3n) is 3.56. The summed E-state index contributed by atoms with van der Waals surface area (Å²) in [5, 5.41) is 4.12. The molecule has 6 heteroatoms. The molecule has 2 heterocycles. The van der Waals surface area contributed by atoms with E-state index < -0.39 is 9.84 Å². The minimum absolute atomic E-state index is 0.192. The van der Waals surface area contributed by atoms with E-state index in [0.717, 1.165) is 6.54 Å². The summed E-state index contributed by atoms with van der Waals surface area (Å²) in [6, 6.07) is 2.06. The Labute approximate surface area is 106 Å². The number of rotatable bonds is 4. The van der Waals surface area contributed by atoms with Crippen LogP contribution in [0.15, 0.2) is 16.8 Å². The van der Waals surface area contributed by atoms with E-state index in [4.69, 9.17) is 5.73 Å². The molecule has 0 radical (unpaired) electrons. The van der Waals surface area contributed by atoms with Gasteiger partial charge in [0.1, 0.15) is 0 Å². The highest BCUT2D eigenvalue weighted by Gasteiger charge is 2.44. The van der Waals surface area contributed by atoms with Gasteiger partial charge >= 0.3 is 0 Å². The second-order valence-electron chi connectivity index (χ2n) is 4.76. The van der Waals surface area contributed by atoms with Gasteiger partial charge < -0.3 is 5.73 Å². The van der Waals surface area contributed by atoms with Crippen molar-refractivity contribution in [3.8, 4) is 0 Å². The average molecular weight is 274 g/mol. The van der Waals surface area contributed by atoms with Crippen molar-refractivity contribution < 1.29 is 8.42 Å². The minimum Gasteiger partial charge on any atom is -0.329 e. The van der Waals surface area contributed by atoms with Crippen molar-refractivity contribution >= 4 is 21.2 Å². The van der Waals surface area contributed by atoms with E-state index in [1.807, 2.05) is 12.4 Å². The highest BCUT2D eigenvalue weighted by atomic mass is 32.2. The van der Waals surface area contributed by atoms with Crippen molar-refractivity contribution in [2.45, 2.75) is 18.5 Å². The maximum atomic E-state index is 11.6. The summed E-state index contributed by atoms with van der Waals surface area (Å²) in [7, 11) is -0.945. The quantitative estimate of drug-likeness (QED) is 0.877. The third kappa shape index (κ3) is 2.70. The summed E-state index contributed by atoms with van der Waals surface area (Å²) in [6.07, 6.45) is 0.645. The minimum atomic E-state index is -2.91. The lowest BCUT2D eigenvalue weighted by Gasteiger charge is -2.36. The van der Waals surface area contributed by atoms with Gasteiger partial charge in [-0.2, -0.15) is 11.3 Å². The topological polar surface area (TPSA) is 63.4 Å². The van der Waals surface area contributed by atoms with Crippen molar-refractivity contribution in [3.05, 3.63) is 22.4 Å². The molecule has 0 amide bonds. The second kappa shape index (κ2) is 4.68. The van der Waals surface area contributed by atoms with Gasteiger partial charge in [0.25, 0.3) is 0 Å². The molecule has 2 rings (SSSR count). The fraction of sp³-hybridized carbons (Fsp3) is 0.636. The maximum absolute atomic E-state index is 11.6. The lowest BCUT2D eigenvalue weighted by molar-refractivity contribution is 0.143. The normalized spacial score (nSPS) is 27.7. The van der Waals surface area contributed by atoms with Crippen molar-refractivity contribution in [1.29, 1.82) is 0 Å². The van der Waals surface area contributed by atoms with Crippen LogP contribution in [0.4, 0.5) is 0 Å². The predicted octanol–water partition coefficient (Wildman–Crippen LogP) is 0.696. The molecule has 1 aromatic rings. The van der Waals surface area contributed by atoms with Crippen LogP contribution in [0.25, 0.3) is 0 Å². The van der Waals surface area contributed by atoms with Crippen molar-refractivity contribution in [2.75, 3.05) is 25.1 Å². The molecule has 1 aliphatic rings. The van der Waals surface area contributed by atoms with Gasteiger partial charge in [-0.05, 0) is 35.9 Å². The zero-order chi connectivity index (χ0) is 12.5. The smallest absolute Gasteiger partial charge is 0.152 e. The molecule has 1 saturated heterocycles. The molecule has 1 unspecified atom stereocenters. The van der Waals surface area contributed by atoms with Gasteiger partial charge in [0.2, 0.25) is 0 Å². The van der Waals surface area contributed by atoms with E-state index in [2.05, 4.69) is 16.3 Å². The van der Waals surface area contributed by atoms with Crippen LogP contribution >= 0.6 is 11.3 Å². The Kier molecular flexibility index (Phi) is 3.58. The summed E-state index contributed by atoms with van der Waals surface area (Å²) >= 11 is 1.65. The molecule has 17 heavy (non-hydrogen) atoms. The van der Waals surface area contributed by atoms with Crippen molar-refractivity contribution in [2.24, 2.45) is 5.73 Å². The van der Waals surface area contributed by atoms with Crippen LogP contribution in [0.1, 0.15) is 12.0 Å². The molecule has 0 bridgehead atoms. The molecule has 0 saturated carbocycles. The Hall–Kier alpha value is -0.430. The number of hydrogen-bond donors (Lipinski definition) is 1. The standard InChI is InChI=1S/C11H18N2O2S2/c1-13(6-10-2-4-16-7-10)11(8-12)3-5-17(14,15)9-11/h2,4,7H,3,5-6,8-9,12H2,1H3. The van der Waals surface area contributed by atoms with Crippen LogP contribution in [0.3, 0.4) is 0 Å². The molecular formula is C11H18N2O2S2. The lowest BCUT2D eigenvalue weighted by atomic mass is 9.97. The molecular weight excluding hydrogens is 256 g/mol. The van der Waals surface area contributed by atoms with E-state index in [0.29, 0.717) is 13.0 Å². The SMILES string of the molecule is CN(Cc1ccsc1)C1(CN)CCS(=O)(=O)C1. The number of sulfone groups is 1. The summed E-state index contributed by atoms with van der Waals surface area (Å²) < 4.78 is 23.3. The number of thiophene rings is 1. The Morgan fingerprint density at radius 1 is 1.59 bits per heavy atom. The maximum Gasteiger partial charge on any atom is 0.152 e. The molecule has 0 spiro atoms. The molecule has 1 fully saturated rings. The van der Waals surface area contributed by atoms with Gasteiger partial charge in [-0.3, -0.25) is 4.90 Å². The van der Waals surface area contributed by atoms with Gasteiger partial charge in [-0.15, -0.1) is 0 Å². The van der Waals surface area contributed by atoms with Crippen LogP contribution in [0.5, 0.6) is 0 Å². The lowest BCUT2D eigenvalue weighted by Crippen LogP contribution is -2.52. The van der Waals surface area contributed by atoms with E-state index in [1.54, 1.807) is 11.3 Å².